The van der Waals surface area contributed by atoms with Gasteiger partial charge in [-0.15, -0.1) is 15.3 Å². The van der Waals surface area contributed by atoms with Crippen LogP contribution in [0.25, 0.3) is 5.65 Å². The molecule has 2 aromatic rings. The standard InChI is InChI=1S/C16H21FN6O/c1-11-18-19-14-2-3-15(20-23(11)14)21-6-4-13(5-7-21)22-10-12(9-17)8-16(22)24/h2-3,12-13H,4-10H2,1H3. The smallest absolute Gasteiger partial charge is 0.223 e. The van der Waals surface area contributed by atoms with E-state index in [0.29, 0.717) is 13.0 Å². The zero-order valence-electron chi connectivity index (χ0n) is 13.7. The average Bonchev–Trinajstić information content (AvgIpc) is 3.18. The number of aryl methyl sites for hydroxylation is 1. The number of nitrogens with zero attached hydrogens (tertiary/aromatic N) is 6. The van der Waals surface area contributed by atoms with E-state index in [4.69, 9.17) is 0 Å². The second kappa shape index (κ2) is 5.99. The topological polar surface area (TPSA) is 66.6 Å². The third-order valence-electron chi connectivity index (χ3n) is 5.09. The molecule has 1 atom stereocenters. The van der Waals surface area contributed by atoms with E-state index in [0.717, 1.165) is 43.2 Å². The van der Waals surface area contributed by atoms with Gasteiger partial charge in [-0.05, 0) is 31.9 Å². The van der Waals surface area contributed by atoms with Gasteiger partial charge < -0.3 is 9.80 Å². The number of halogens is 1. The monoisotopic (exact) mass is 332 g/mol. The summed E-state index contributed by atoms with van der Waals surface area (Å²) < 4.78 is 14.6. The Balaban J connectivity index is 1.43. The molecule has 2 aliphatic rings. The number of rotatable bonds is 3. The van der Waals surface area contributed by atoms with Crippen LogP contribution >= 0.6 is 0 Å². The van der Waals surface area contributed by atoms with Crippen LogP contribution in [-0.4, -0.2) is 63.0 Å². The van der Waals surface area contributed by atoms with Crippen molar-refractivity contribution < 1.29 is 9.18 Å². The molecule has 2 fully saturated rings. The van der Waals surface area contributed by atoms with E-state index in [2.05, 4.69) is 20.2 Å². The summed E-state index contributed by atoms with van der Waals surface area (Å²) in [4.78, 5) is 16.2. The highest BCUT2D eigenvalue weighted by Crippen LogP contribution is 2.27. The fraction of sp³-hybridized carbons (Fsp3) is 0.625. The zero-order chi connectivity index (χ0) is 16.7. The number of hydrogen-bond acceptors (Lipinski definition) is 5. The summed E-state index contributed by atoms with van der Waals surface area (Å²) in [6, 6.07) is 4.11. The van der Waals surface area contributed by atoms with Gasteiger partial charge in [0.1, 0.15) is 5.82 Å². The first-order valence-electron chi connectivity index (χ1n) is 8.45. The van der Waals surface area contributed by atoms with Crippen LogP contribution in [0, 0.1) is 12.8 Å². The van der Waals surface area contributed by atoms with E-state index >= 15 is 0 Å². The molecule has 1 amide bonds. The maximum absolute atomic E-state index is 12.8. The summed E-state index contributed by atoms with van der Waals surface area (Å²) in [7, 11) is 0. The maximum atomic E-state index is 12.8. The normalized spacial score (nSPS) is 22.8. The number of aromatic nitrogens is 4. The van der Waals surface area contributed by atoms with Gasteiger partial charge in [-0.25, -0.2) is 0 Å². The molecule has 1 unspecified atom stereocenters. The molecule has 0 spiro atoms. The van der Waals surface area contributed by atoms with Crippen molar-refractivity contribution in [2.24, 2.45) is 5.92 Å². The van der Waals surface area contributed by atoms with Gasteiger partial charge in [0.15, 0.2) is 11.5 Å². The molecule has 128 valence electrons. The van der Waals surface area contributed by atoms with Gasteiger partial charge in [-0.1, -0.05) is 0 Å². The first-order valence-corrected chi connectivity index (χ1v) is 8.45. The van der Waals surface area contributed by atoms with Crippen LogP contribution in [0.5, 0.6) is 0 Å². The first kappa shape index (κ1) is 15.3. The van der Waals surface area contributed by atoms with E-state index < -0.39 is 6.67 Å². The van der Waals surface area contributed by atoms with Crippen LogP contribution in [0.3, 0.4) is 0 Å². The average molecular weight is 332 g/mol. The van der Waals surface area contributed by atoms with Crippen molar-refractivity contribution in [3.05, 3.63) is 18.0 Å². The van der Waals surface area contributed by atoms with Gasteiger partial charge in [-0.3, -0.25) is 9.18 Å². The Morgan fingerprint density at radius 2 is 2.04 bits per heavy atom. The van der Waals surface area contributed by atoms with Crippen molar-refractivity contribution in [3.8, 4) is 0 Å². The van der Waals surface area contributed by atoms with Crippen LogP contribution in [0.1, 0.15) is 25.1 Å². The Morgan fingerprint density at radius 3 is 2.75 bits per heavy atom. The molecule has 2 aromatic heterocycles. The summed E-state index contributed by atoms with van der Waals surface area (Å²) in [5.41, 5.74) is 0.742. The number of carbonyl (C=O) groups is 1. The number of amides is 1. The van der Waals surface area contributed by atoms with Crippen molar-refractivity contribution in [2.75, 3.05) is 31.2 Å². The first-order chi connectivity index (χ1) is 11.7. The third-order valence-corrected chi connectivity index (χ3v) is 5.09. The fourth-order valence-electron chi connectivity index (χ4n) is 3.73. The van der Waals surface area contributed by atoms with Crippen LogP contribution in [0.15, 0.2) is 12.1 Å². The molecule has 4 heterocycles. The Kier molecular flexibility index (Phi) is 3.82. The molecular weight excluding hydrogens is 311 g/mol. The fourth-order valence-corrected chi connectivity index (χ4v) is 3.73. The van der Waals surface area contributed by atoms with Crippen LogP contribution in [0.4, 0.5) is 10.2 Å². The lowest BCUT2D eigenvalue weighted by Gasteiger charge is -2.37. The lowest BCUT2D eigenvalue weighted by molar-refractivity contribution is -0.130. The van der Waals surface area contributed by atoms with Crippen molar-refractivity contribution >= 4 is 17.4 Å². The number of fused-ring (bicyclic) bond motifs is 1. The summed E-state index contributed by atoms with van der Waals surface area (Å²) >= 11 is 0. The SMILES string of the molecule is Cc1nnc2ccc(N3CCC(N4CC(CF)CC4=O)CC3)nn12. The molecule has 0 bridgehead atoms. The molecule has 4 rings (SSSR count). The van der Waals surface area contributed by atoms with Gasteiger partial charge in [0.2, 0.25) is 5.91 Å². The molecular formula is C16H21FN6O. The molecule has 0 radical (unpaired) electrons. The van der Waals surface area contributed by atoms with E-state index in [1.54, 1.807) is 4.52 Å². The number of alkyl halides is 1. The molecule has 24 heavy (non-hydrogen) atoms. The van der Waals surface area contributed by atoms with E-state index in [1.807, 2.05) is 24.0 Å². The lowest BCUT2D eigenvalue weighted by Crippen LogP contribution is -2.46. The van der Waals surface area contributed by atoms with Gasteiger partial charge >= 0.3 is 0 Å². The highest BCUT2D eigenvalue weighted by atomic mass is 19.1. The summed E-state index contributed by atoms with van der Waals surface area (Å²) in [6.45, 7) is 3.74. The molecule has 7 nitrogen and oxygen atoms in total. The van der Waals surface area contributed by atoms with Crippen molar-refractivity contribution in [2.45, 2.75) is 32.2 Å². The molecule has 8 heteroatoms. The minimum atomic E-state index is -0.399. The van der Waals surface area contributed by atoms with Crippen LogP contribution in [0.2, 0.25) is 0 Å². The third kappa shape index (κ3) is 2.59. The van der Waals surface area contributed by atoms with Gasteiger partial charge in [0.25, 0.3) is 0 Å². The van der Waals surface area contributed by atoms with Gasteiger partial charge in [0.05, 0.1) is 6.67 Å². The number of anilines is 1. The number of piperidine rings is 1. The van der Waals surface area contributed by atoms with Crippen LogP contribution in [-0.2, 0) is 4.79 Å². The minimum Gasteiger partial charge on any atom is -0.355 e. The predicted molar refractivity (Wildman–Crippen MR) is 86.5 cm³/mol. The Labute approximate surface area is 139 Å². The quantitative estimate of drug-likeness (QED) is 0.845. The van der Waals surface area contributed by atoms with Gasteiger partial charge in [0, 0.05) is 38.0 Å². The summed E-state index contributed by atoms with van der Waals surface area (Å²) in [5, 5.41) is 12.7. The van der Waals surface area contributed by atoms with E-state index in [9.17, 15) is 9.18 Å². The Hall–Kier alpha value is -2.25. The molecule has 2 aliphatic heterocycles. The minimum absolute atomic E-state index is 0.107. The summed E-state index contributed by atoms with van der Waals surface area (Å²) in [6.07, 6.45) is 2.15. The second-order valence-corrected chi connectivity index (χ2v) is 6.70. The number of likely N-dealkylation sites (tertiary alicyclic amines) is 1. The number of hydrogen-bond donors (Lipinski definition) is 0. The van der Waals surface area contributed by atoms with Crippen LogP contribution < -0.4 is 4.90 Å². The zero-order valence-corrected chi connectivity index (χ0v) is 13.7. The Morgan fingerprint density at radius 1 is 1.25 bits per heavy atom. The molecule has 0 aliphatic carbocycles. The molecule has 0 saturated carbocycles. The molecule has 0 N–H and O–H groups in total. The Bertz CT molecular complexity index is 754. The van der Waals surface area contributed by atoms with E-state index in [1.165, 1.54) is 0 Å². The largest absolute Gasteiger partial charge is 0.355 e. The van der Waals surface area contributed by atoms with Crippen molar-refractivity contribution in [3.63, 3.8) is 0 Å². The molecule has 0 aromatic carbocycles. The highest BCUT2D eigenvalue weighted by Gasteiger charge is 2.35. The molecule has 2 saturated heterocycles. The number of carbonyl (C=O) groups excluding carboxylic acids is 1. The van der Waals surface area contributed by atoms with Crippen molar-refractivity contribution in [1.29, 1.82) is 0 Å². The van der Waals surface area contributed by atoms with E-state index in [-0.39, 0.29) is 17.9 Å². The second-order valence-electron chi connectivity index (χ2n) is 6.70. The predicted octanol–water partition coefficient (Wildman–Crippen LogP) is 1.22. The van der Waals surface area contributed by atoms with Gasteiger partial charge in [-0.2, -0.15) is 4.52 Å². The summed E-state index contributed by atoms with van der Waals surface area (Å²) in [5.74, 6) is 1.66. The lowest BCUT2D eigenvalue weighted by atomic mass is 10.0. The maximum Gasteiger partial charge on any atom is 0.223 e. The highest BCUT2D eigenvalue weighted by molar-refractivity contribution is 5.79. The van der Waals surface area contributed by atoms with Crippen molar-refractivity contribution in [1.82, 2.24) is 24.7 Å².